The first-order valence-corrected chi connectivity index (χ1v) is 5.65. The smallest absolute Gasteiger partial charge is 0.256 e. The maximum absolute atomic E-state index is 11.9. The number of hydrogen-bond acceptors (Lipinski definition) is 4. The molecule has 0 aliphatic rings. The number of nitrogens with two attached hydrogens (primary N) is 1. The normalized spacial score (nSPS) is 10.1. The number of halogens is 2. The first-order chi connectivity index (χ1) is 8.54. The molecule has 0 atom stereocenters. The maximum atomic E-state index is 11.9. The number of carbonyl (C=O) groups is 1. The molecule has 18 heavy (non-hydrogen) atoms. The molecule has 0 aliphatic carbocycles. The molecule has 0 bridgehead atoms. The van der Waals surface area contributed by atoms with E-state index in [1.54, 1.807) is 6.07 Å². The van der Waals surface area contributed by atoms with Gasteiger partial charge in [-0.2, -0.15) is 0 Å². The Bertz CT molecular complexity index is 583. The Hall–Kier alpha value is -1.85. The van der Waals surface area contributed by atoms with Gasteiger partial charge in [0.2, 0.25) is 0 Å². The molecule has 1 aromatic carbocycles. The van der Waals surface area contributed by atoms with Gasteiger partial charge in [0.05, 0.1) is 0 Å². The van der Waals surface area contributed by atoms with Gasteiger partial charge in [-0.15, -0.1) is 0 Å². The minimum Gasteiger partial charge on any atom is -0.399 e. The van der Waals surface area contributed by atoms with E-state index in [-0.39, 0.29) is 11.1 Å². The molecule has 5 nitrogen and oxygen atoms in total. The molecule has 0 spiro atoms. The summed E-state index contributed by atoms with van der Waals surface area (Å²) in [5.74, 6) is -0.0717. The lowest BCUT2D eigenvalue weighted by atomic mass is 10.2. The zero-order valence-corrected chi connectivity index (χ0v) is 10.5. The van der Waals surface area contributed by atoms with Crippen LogP contribution >= 0.6 is 23.2 Å². The van der Waals surface area contributed by atoms with Crippen molar-refractivity contribution in [1.82, 2.24) is 9.97 Å². The van der Waals surface area contributed by atoms with E-state index in [2.05, 4.69) is 15.3 Å². The molecule has 2 rings (SSSR count). The lowest BCUT2D eigenvalue weighted by Gasteiger charge is -2.05. The van der Waals surface area contributed by atoms with Crippen molar-refractivity contribution < 1.29 is 4.79 Å². The Labute approximate surface area is 113 Å². The number of nitrogens with one attached hydrogen (secondary N) is 1. The molecule has 0 unspecified atom stereocenters. The number of amides is 1. The van der Waals surface area contributed by atoms with Gasteiger partial charge < -0.3 is 11.1 Å². The third kappa shape index (κ3) is 3.09. The van der Waals surface area contributed by atoms with Gasteiger partial charge in [-0.3, -0.25) is 4.79 Å². The molecular formula is C11H8Cl2N4O. The van der Waals surface area contributed by atoms with Crippen LogP contribution in [-0.4, -0.2) is 15.9 Å². The lowest BCUT2D eigenvalue weighted by molar-refractivity contribution is 0.102. The number of hydrogen-bond donors (Lipinski definition) is 2. The standard InChI is InChI=1S/C11H8Cl2N4O/c12-7-1-6(2-8(14)3-7)11(18)17-10-4-9(13)15-5-16-10/h1-5H,14H2,(H,15,16,17,18). The van der Waals surface area contributed by atoms with Crippen molar-refractivity contribution in [3.63, 3.8) is 0 Å². The summed E-state index contributed by atoms with van der Waals surface area (Å²) in [5.41, 5.74) is 6.36. The van der Waals surface area contributed by atoms with Crippen LogP contribution in [0.1, 0.15) is 10.4 Å². The van der Waals surface area contributed by atoms with Crippen molar-refractivity contribution in [1.29, 1.82) is 0 Å². The Morgan fingerprint density at radius 1 is 1.17 bits per heavy atom. The Kier molecular flexibility index (Phi) is 3.64. The van der Waals surface area contributed by atoms with Crippen LogP contribution in [0.3, 0.4) is 0 Å². The molecule has 1 amide bonds. The van der Waals surface area contributed by atoms with Crippen LogP contribution < -0.4 is 11.1 Å². The van der Waals surface area contributed by atoms with Gasteiger partial charge >= 0.3 is 0 Å². The number of aromatic nitrogens is 2. The molecule has 2 aromatic rings. The van der Waals surface area contributed by atoms with Gasteiger partial charge in [-0.05, 0) is 18.2 Å². The number of carbonyl (C=O) groups excluding carboxylic acids is 1. The average molecular weight is 283 g/mol. The van der Waals surface area contributed by atoms with Gasteiger partial charge in [0.25, 0.3) is 5.91 Å². The Morgan fingerprint density at radius 3 is 2.61 bits per heavy atom. The molecule has 92 valence electrons. The quantitative estimate of drug-likeness (QED) is 0.655. The summed E-state index contributed by atoms with van der Waals surface area (Å²) in [4.78, 5) is 19.5. The molecule has 0 radical (unpaired) electrons. The van der Waals surface area contributed by atoms with Crippen molar-refractivity contribution >= 4 is 40.6 Å². The van der Waals surface area contributed by atoms with Crippen molar-refractivity contribution in [3.8, 4) is 0 Å². The highest BCUT2D eigenvalue weighted by Gasteiger charge is 2.09. The summed E-state index contributed by atoms with van der Waals surface area (Å²) >= 11 is 11.5. The second-order valence-corrected chi connectivity index (χ2v) is 4.28. The zero-order chi connectivity index (χ0) is 13.1. The molecule has 0 saturated heterocycles. The summed E-state index contributed by atoms with van der Waals surface area (Å²) < 4.78 is 0. The summed E-state index contributed by atoms with van der Waals surface area (Å²) in [7, 11) is 0. The molecule has 0 fully saturated rings. The average Bonchev–Trinajstić information content (AvgIpc) is 2.27. The summed E-state index contributed by atoms with van der Waals surface area (Å²) in [5, 5.41) is 3.20. The van der Waals surface area contributed by atoms with Gasteiger partial charge in [-0.1, -0.05) is 23.2 Å². The fourth-order valence-corrected chi connectivity index (χ4v) is 1.72. The van der Waals surface area contributed by atoms with Crippen LogP contribution in [0, 0.1) is 0 Å². The van der Waals surface area contributed by atoms with Crippen LogP contribution in [0.4, 0.5) is 11.5 Å². The van der Waals surface area contributed by atoms with Crippen molar-refractivity contribution in [3.05, 3.63) is 46.3 Å². The first kappa shape index (κ1) is 12.6. The number of benzene rings is 1. The third-order valence-electron chi connectivity index (χ3n) is 2.06. The first-order valence-electron chi connectivity index (χ1n) is 4.89. The maximum Gasteiger partial charge on any atom is 0.256 e. The second-order valence-electron chi connectivity index (χ2n) is 3.45. The minimum absolute atomic E-state index is 0.242. The van der Waals surface area contributed by atoms with Gasteiger partial charge in [-0.25, -0.2) is 9.97 Å². The van der Waals surface area contributed by atoms with E-state index < -0.39 is 0 Å². The molecule has 7 heteroatoms. The van der Waals surface area contributed by atoms with Crippen LogP contribution in [-0.2, 0) is 0 Å². The molecule has 1 aromatic heterocycles. The van der Waals surface area contributed by atoms with E-state index in [1.807, 2.05) is 0 Å². The fourth-order valence-electron chi connectivity index (χ4n) is 1.33. The number of rotatable bonds is 2. The minimum atomic E-state index is -0.376. The molecule has 1 heterocycles. The predicted molar refractivity (Wildman–Crippen MR) is 70.9 cm³/mol. The van der Waals surface area contributed by atoms with Crippen molar-refractivity contribution in [2.75, 3.05) is 11.1 Å². The summed E-state index contributed by atoms with van der Waals surface area (Å²) in [6.45, 7) is 0. The van der Waals surface area contributed by atoms with Crippen molar-refractivity contribution in [2.24, 2.45) is 0 Å². The van der Waals surface area contributed by atoms with Crippen LogP contribution in [0.5, 0.6) is 0 Å². The molecule has 0 aliphatic heterocycles. The largest absolute Gasteiger partial charge is 0.399 e. The predicted octanol–water partition coefficient (Wildman–Crippen LogP) is 2.62. The van der Waals surface area contributed by atoms with Crippen LogP contribution in [0.15, 0.2) is 30.6 Å². The van der Waals surface area contributed by atoms with E-state index in [0.29, 0.717) is 22.1 Å². The lowest BCUT2D eigenvalue weighted by Crippen LogP contribution is -2.13. The zero-order valence-electron chi connectivity index (χ0n) is 9.02. The number of nitrogen functional groups attached to an aromatic ring is 1. The van der Waals surface area contributed by atoms with E-state index in [0.717, 1.165) is 0 Å². The molecular weight excluding hydrogens is 275 g/mol. The van der Waals surface area contributed by atoms with Crippen LogP contribution in [0.25, 0.3) is 0 Å². The highest BCUT2D eigenvalue weighted by molar-refractivity contribution is 6.31. The summed E-state index contributed by atoms with van der Waals surface area (Å²) in [6.07, 6.45) is 1.25. The summed E-state index contributed by atoms with van der Waals surface area (Å²) in [6, 6.07) is 6.02. The molecule has 3 N–H and O–H groups in total. The number of nitrogens with zero attached hydrogens (tertiary/aromatic N) is 2. The highest BCUT2D eigenvalue weighted by Crippen LogP contribution is 2.18. The topological polar surface area (TPSA) is 80.9 Å². The van der Waals surface area contributed by atoms with Crippen LogP contribution in [0.2, 0.25) is 10.2 Å². The monoisotopic (exact) mass is 282 g/mol. The van der Waals surface area contributed by atoms with Crippen molar-refractivity contribution in [2.45, 2.75) is 0 Å². The third-order valence-corrected chi connectivity index (χ3v) is 2.48. The highest BCUT2D eigenvalue weighted by atomic mass is 35.5. The second kappa shape index (κ2) is 5.20. The van der Waals surface area contributed by atoms with E-state index >= 15 is 0 Å². The fraction of sp³-hybridized carbons (Fsp3) is 0. The molecule has 0 saturated carbocycles. The number of anilines is 2. The van der Waals surface area contributed by atoms with E-state index in [4.69, 9.17) is 28.9 Å². The van der Waals surface area contributed by atoms with Gasteiger partial charge in [0.1, 0.15) is 17.3 Å². The SMILES string of the molecule is Nc1cc(Cl)cc(C(=O)Nc2cc(Cl)ncn2)c1. The van der Waals surface area contributed by atoms with Gasteiger partial charge in [0, 0.05) is 22.3 Å². The Morgan fingerprint density at radius 2 is 1.94 bits per heavy atom. The Balaban J connectivity index is 2.22. The van der Waals surface area contributed by atoms with Gasteiger partial charge in [0.15, 0.2) is 0 Å². The van der Waals surface area contributed by atoms with E-state index in [1.165, 1.54) is 24.5 Å². The van der Waals surface area contributed by atoms with E-state index in [9.17, 15) is 4.79 Å².